The zero-order valence-corrected chi connectivity index (χ0v) is 13.7. The number of ether oxygens (including phenoxy) is 1. The summed E-state index contributed by atoms with van der Waals surface area (Å²) in [7, 11) is 0. The van der Waals surface area contributed by atoms with Crippen LogP contribution in [0.3, 0.4) is 0 Å². The molecule has 20 heavy (non-hydrogen) atoms. The van der Waals surface area contributed by atoms with Gasteiger partial charge in [-0.3, -0.25) is 0 Å². The van der Waals surface area contributed by atoms with Crippen LogP contribution < -0.4 is 5.32 Å². The zero-order valence-electron chi connectivity index (χ0n) is 13.7. The fraction of sp³-hybridized carbons (Fsp3) is 1.00. The highest BCUT2D eigenvalue weighted by molar-refractivity contribution is 4.83. The van der Waals surface area contributed by atoms with Crippen molar-refractivity contribution in [1.82, 2.24) is 5.32 Å². The Morgan fingerprint density at radius 3 is 2.70 bits per heavy atom. The maximum atomic E-state index is 6.20. The molecule has 0 heterocycles. The van der Waals surface area contributed by atoms with Crippen LogP contribution in [0.25, 0.3) is 0 Å². The lowest BCUT2D eigenvalue weighted by Crippen LogP contribution is -2.33. The van der Waals surface area contributed by atoms with E-state index in [1.165, 1.54) is 70.8 Å². The van der Waals surface area contributed by atoms with Crippen molar-refractivity contribution in [2.45, 2.75) is 90.2 Å². The lowest BCUT2D eigenvalue weighted by molar-refractivity contribution is 0.00545. The summed E-state index contributed by atoms with van der Waals surface area (Å²) in [5, 5.41) is 3.73. The molecular weight excluding hydrogens is 246 g/mol. The highest BCUT2D eigenvalue weighted by atomic mass is 16.5. The Morgan fingerprint density at radius 2 is 1.90 bits per heavy atom. The molecule has 0 radical (unpaired) electrons. The molecule has 2 heteroatoms. The third-order valence-electron chi connectivity index (χ3n) is 5.47. The molecule has 2 aliphatic carbocycles. The molecule has 0 saturated heterocycles. The van der Waals surface area contributed by atoms with Crippen molar-refractivity contribution in [3.05, 3.63) is 0 Å². The summed E-state index contributed by atoms with van der Waals surface area (Å²) >= 11 is 0. The van der Waals surface area contributed by atoms with E-state index in [2.05, 4.69) is 19.2 Å². The highest BCUT2D eigenvalue weighted by Crippen LogP contribution is 2.31. The van der Waals surface area contributed by atoms with E-state index >= 15 is 0 Å². The number of hydrogen-bond donors (Lipinski definition) is 1. The topological polar surface area (TPSA) is 21.3 Å². The summed E-state index contributed by atoms with van der Waals surface area (Å²) < 4.78 is 6.20. The molecule has 2 aliphatic rings. The van der Waals surface area contributed by atoms with E-state index in [0.717, 1.165) is 24.5 Å². The minimum absolute atomic E-state index is 0.567. The predicted octanol–water partition coefficient (Wildman–Crippen LogP) is 4.53. The van der Waals surface area contributed by atoms with Crippen molar-refractivity contribution in [3.63, 3.8) is 0 Å². The molecule has 1 N–H and O–H groups in total. The first-order valence-electron chi connectivity index (χ1n) is 9.18. The first-order chi connectivity index (χ1) is 9.83. The molecule has 0 amide bonds. The van der Waals surface area contributed by atoms with Gasteiger partial charge < -0.3 is 10.1 Å². The van der Waals surface area contributed by atoms with Crippen LogP contribution in [0.2, 0.25) is 0 Å². The minimum atomic E-state index is 0.567. The van der Waals surface area contributed by atoms with Crippen LogP contribution in [-0.2, 0) is 4.74 Å². The van der Waals surface area contributed by atoms with Crippen LogP contribution in [0.15, 0.2) is 0 Å². The zero-order chi connectivity index (χ0) is 14.2. The van der Waals surface area contributed by atoms with Gasteiger partial charge in [-0.05, 0) is 56.9 Å². The summed E-state index contributed by atoms with van der Waals surface area (Å²) in [6.07, 6.45) is 14.1. The highest BCUT2D eigenvalue weighted by Gasteiger charge is 2.27. The standard InChI is InChI=1S/C18H35NO/c1-3-12-19-18-10-6-8-16(18)11-13-20-17-9-5-7-15(4-2)14-17/h15-19H,3-14H2,1-2H3. The van der Waals surface area contributed by atoms with Gasteiger partial charge in [-0.1, -0.05) is 39.5 Å². The normalized spacial score (nSPS) is 34.5. The number of nitrogens with one attached hydrogen (secondary N) is 1. The first kappa shape index (κ1) is 16.3. The molecule has 118 valence electrons. The number of rotatable bonds is 8. The molecule has 2 fully saturated rings. The predicted molar refractivity (Wildman–Crippen MR) is 86.0 cm³/mol. The second kappa shape index (κ2) is 9.04. The van der Waals surface area contributed by atoms with Crippen LogP contribution in [0.4, 0.5) is 0 Å². The molecule has 4 unspecified atom stereocenters. The van der Waals surface area contributed by atoms with Gasteiger partial charge in [-0.25, -0.2) is 0 Å². The van der Waals surface area contributed by atoms with Gasteiger partial charge >= 0.3 is 0 Å². The summed E-state index contributed by atoms with van der Waals surface area (Å²) in [6, 6.07) is 0.772. The molecule has 4 atom stereocenters. The van der Waals surface area contributed by atoms with Crippen LogP contribution in [0, 0.1) is 11.8 Å². The molecule has 0 spiro atoms. The maximum absolute atomic E-state index is 6.20. The molecular formula is C18H35NO. The molecule has 2 nitrogen and oxygen atoms in total. The maximum Gasteiger partial charge on any atom is 0.0577 e. The fourth-order valence-electron chi connectivity index (χ4n) is 4.13. The minimum Gasteiger partial charge on any atom is -0.378 e. The molecule has 0 aromatic carbocycles. The fourth-order valence-corrected chi connectivity index (χ4v) is 4.13. The van der Waals surface area contributed by atoms with Gasteiger partial charge in [0.25, 0.3) is 0 Å². The van der Waals surface area contributed by atoms with E-state index in [-0.39, 0.29) is 0 Å². The average Bonchev–Trinajstić information content (AvgIpc) is 2.93. The van der Waals surface area contributed by atoms with Gasteiger partial charge in [0.1, 0.15) is 0 Å². The van der Waals surface area contributed by atoms with E-state index in [4.69, 9.17) is 4.74 Å². The van der Waals surface area contributed by atoms with E-state index in [1.807, 2.05) is 0 Å². The molecule has 2 rings (SSSR count). The summed E-state index contributed by atoms with van der Waals surface area (Å²) in [4.78, 5) is 0. The van der Waals surface area contributed by atoms with Crippen molar-refractivity contribution < 1.29 is 4.74 Å². The molecule has 0 aromatic rings. The van der Waals surface area contributed by atoms with Crippen molar-refractivity contribution >= 4 is 0 Å². The van der Waals surface area contributed by atoms with E-state index < -0.39 is 0 Å². The average molecular weight is 281 g/mol. The van der Waals surface area contributed by atoms with Gasteiger partial charge in [0.05, 0.1) is 6.10 Å². The third kappa shape index (κ3) is 5.04. The van der Waals surface area contributed by atoms with Gasteiger partial charge in [-0.2, -0.15) is 0 Å². The first-order valence-corrected chi connectivity index (χ1v) is 9.18. The summed E-state index contributed by atoms with van der Waals surface area (Å²) in [5.41, 5.74) is 0. The van der Waals surface area contributed by atoms with Crippen molar-refractivity contribution in [2.75, 3.05) is 13.2 Å². The molecule has 2 saturated carbocycles. The van der Waals surface area contributed by atoms with Crippen LogP contribution in [-0.4, -0.2) is 25.3 Å². The summed E-state index contributed by atoms with van der Waals surface area (Å²) in [6.45, 7) is 6.77. The number of hydrogen-bond acceptors (Lipinski definition) is 2. The third-order valence-corrected chi connectivity index (χ3v) is 5.47. The SMILES string of the molecule is CCCNC1CCCC1CCOC1CCCC(CC)C1. The van der Waals surface area contributed by atoms with Gasteiger partial charge in [0.2, 0.25) is 0 Å². The smallest absolute Gasteiger partial charge is 0.0577 e. The van der Waals surface area contributed by atoms with Crippen LogP contribution in [0.1, 0.15) is 78.1 Å². The lowest BCUT2D eigenvalue weighted by atomic mass is 9.85. The van der Waals surface area contributed by atoms with Gasteiger partial charge in [-0.15, -0.1) is 0 Å². The largest absolute Gasteiger partial charge is 0.378 e. The van der Waals surface area contributed by atoms with Crippen LogP contribution >= 0.6 is 0 Å². The van der Waals surface area contributed by atoms with Crippen molar-refractivity contribution in [2.24, 2.45) is 11.8 Å². The Morgan fingerprint density at radius 1 is 1.05 bits per heavy atom. The Balaban J connectivity index is 1.62. The molecule has 0 bridgehead atoms. The van der Waals surface area contributed by atoms with Crippen molar-refractivity contribution in [3.8, 4) is 0 Å². The monoisotopic (exact) mass is 281 g/mol. The summed E-state index contributed by atoms with van der Waals surface area (Å²) in [5.74, 6) is 1.80. The lowest BCUT2D eigenvalue weighted by Gasteiger charge is -2.29. The van der Waals surface area contributed by atoms with Crippen molar-refractivity contribution in [1.29, 1.82) is 0 Å². The Labute approximate surface area is 126 Å². The van der Waals surface area contributed by atoms with E-state index in [1.54, 1.807) is 0 Å². The molecule has 0 aliphatic heterocycles. The van der Waals surface area contributed by atoms with E-state index in [0.29, 0.717) is 6.10 Å². The van der Waals surface area contributed by atoms with Gasteiger partial charge in [0.15, 0.2) is 0 Å². The van der Waals surface area contributed by atoms with E-state index in [9.17, 15) is 0 Å². The van der Waals surface area contributed by atoms with Gasteiger partial charge in [0, 0.05) is 12.6 Å². The quantitative estimate of drug-likeness (QED) is 0.706. The Bertz CT molecular complexity index is 256. The second-order valence-electron chi connectivity index (χ2n) is 6.97. The molecule has 0 aromatic heterocycles. The van der Waals surface area contributed by atoms with Crippen LogP contribution in [0.5, 0.6) is 0 Å². The Kier molecular flexibility index (Phi) is 7.37. The Hall–Kier alpha value is -0.0800. The second-order valence-corrected chi connectivity index (χ2v) is 6.97.